The van der Waals surface area contributed by atoms with E-state index in [1.54, 1.807) is 0 Å². The van der Waals surface area contributed by atoms with Gasteiger partial charge in [-0.05, 0) is 42.5 Å². The molecule has 0 atom stereocenters. The molecule has 0 unspecified atom stereocenters. The molecule has 0 aliphatic rings. The highest BCUT2D eigenvalue weighted by atomic mass is 19.4. The van der Waals surface area contributed by atoms with Gasteiger partial charge in [-0.25, -0.2) is 0 Å². The van der Waals surface area contributed by atoms with Crippen molar-refractivity contribution in [2.75, 3.05) is 5.32 Å². The minimum atomic E-state index is -4.71. The predicted octanol–water partition coefficient (Wildman–Crippen LogP) is 7.10. The number of aromatic nitrogens is 2. The Kier molecular flexibility index (Phi) is 6.29. The molecule has 0 aliphatic carbocycles. The minimum absolute atomic E-state index is 0.0297. The number of carbonyl (C=O) groups is 1. The topological polar surface area (TPSA) is 54.9 Å². The van der Waals surface area contributed by atoms with Crippen LogP contribution < -0.4 is 5.32 Å². The van der Waals surface area contributed by atoms with Gasteiger partial charge >= 0.3 is 12.4 Å². The van der Waals surface area contributed by atoms with E-state index in [1.165, 1.54) is 61.1 Å². The van der Waals surface area contributed by atoms with Gasteiger partial charge in [-0.2, -0.15) is 26.3 Å². The van der Waals surface area contributed by atoms with E-state index in [1.807, 2.05) is 0 Å². The van der Waals surface area contributed by atoms with Crippen LogP contribution in [0.1, 0.15) is 21.5 Å². The molecule has 0 bridgehead atoms. The number of anilines is 1. The lowest BCUT2D eigenvalue weighted by molar-refractivity contribution is -0.138. The van der Waals surface area contributed by atoms with Crippen LogP contribution in [0.3, 0.4) is 0 Å². The quantitative estimate of drug-likeness (QED) is 0.313. The number of halogens is 6. The highest BCUT2D eigenvalue weighted by Crippen LogP contribution is 2.41. The summed E-state index contributed by atoms with van der Waals surface area (Å²) in [5.41, 5.74) is -2.62. The first kappa shape index (κ1) is 23.9. The number of nitrogens with zero attached hydrogens (tertiary/aromatic N) is 2. The molecule has 1 N–H and O–H groups in total. The molecule has 35 heavy (non-hydrogen) atoms. The monoisotopic (exact) mass is 487 g/mol. The van der Waals surface area contributed by atoms with Crippen LogP contribution in [-0.2, 0) is 12.4 Å². The summed E-state index contributed by atoms with van der Waals surface area (Å²) < 4.78 is 81.4. The summed E-state index contributed by atoms with van der Waals surface area (Å²) in [5, 5.41) is 2.45. The smallest absolute Gasteiger partial charge is 0.321 e. The number of pyridine rings is 2. The summed E-state index contributed by atoms with van der Waals surface area (Å²) in [6, 6.07) is 13.5. The second-order valence-corrected chi connectivity index (χ2v) is 7.40. The van der Waals surface area contributed by atoms with Crippen LogP contribution >= 0.6 is 0 Å². The van der Waals surface area contributed by atoms with Gasteiger partial charge in [0, 0.05) is 46.5 Å². The van der Waals surface area contributed by atoms with E-state index in [2.05, 4.69) is 15.3 Å². The molecule has 0 fully saturated rings. The zero-order valence-corrected chi connectivity index (χ0v) is 17.7. The Morgan fingerprint density at radius 2 is 1.40 bits per heavy atom. The fraction of sp³-hybridized carbons (Fsp3) is 0.0800. The molecular weight excluding hydrogens is 472 g/mol. The average Bonchev–Trinajstić information content (AvgIpc) is 2.83. The Labute approximate surface area is 195 Å². The highest BCUT2D eigenvalue weighted by Gasteiger charge is 2.36. The first-order valence-corrected chi connectivity index (χ1v) is 10.1. The molecule has 2 aromatic carbocycles. The fourth-order valence-electron chi connectivity index (χ4n) is 3.58. The summed E-state index contributed by atoms with van der Waals surface area (Å²) in [6.45, 7) is 0. The zero-order chi connectivity index (χ0) is 25.2. The van der Waals surface area contributed by atoms with Gasteiger partial charge in [0.25, 0.3) is 5.91 Å². The molecule has 1 amide bonds. The molecular formula is C25H15F6N3O. The molecule has 0 saturated heterocycles. The summed E-state index contributed by atoms with van der Waals surface area (Å²) >= 11 is 0. The standard InChI is InChI=1S/C25H15F6N3O/c26-24(27,28)18-8-2-10-20(21(18)17-7-3-11-32-14-17)34-23(35)16-6-1-5-15(13-16)22-19(25(29,30)31)9-4-12-33-22/h1-14H,(H,34,35). The molecule has 10 heteroatoms. The van der Waals surface area contributed by atoms with Crippen molar-refractivity contribution in [3.8, 4) is 22.4 Å². The van der Waals surface area contributed by atoms with Crippen LogP contribution in [0.2, 0.25) is 0 Å². The van der Waals surface area contributed by atoms with E-state index >= 15 is 0 Å². The normalized spacial score (nSPS) is 11.8. The van der Waals surface area contributed by atoms with Crippen molar-refractivity contribution in [3.05, 3.63) is 102 Å². The van der Waals surface area contributed by atoms with Gasteiger partial charge in [0.05, 0.1) is 16.8 Å². The molecule has 4 aromatic rings. The van der Waals surface area contributed by atoms with Crippen molar-refractivity contribution < 1.29 is 31.1 Å². The van der Waals surface area contributed by atoms with Crippen LogP contribution in [0.25, 0.3) is 22.4 Å². The van der Waals surface area contributed by atoms with E-state index in [9.17, 15) is 31.1 Å². The summed E-state index contributed by atoms with van der Waals surface area (Å²) in [7, 11) is 0. The lowest BCUT2D eigenvalue weighted by atomic mass is 9.98. The van der Waals surface area contributed by atoms with Crippen LogP contribution in [0, 0.1) is 0 Å². The lowest BCUT2D eigenvalue weighted by Gasteiger charge is -2.18. The molecule has 2 aromatic heterocycles. The third-order valence-corrected chi connectivity index (χ3v) is 5.08. The first-order chi connectivity index (χ1) is 16.6. The van der Waals surface area contributed by atoms with Gasteiger partial charge < -0.3 is 5.32 Å². The lowest BCUT2D eigenvalue weighted by Crippen LogP contribution is -2.15. The number of carbonyl (C=O) groups excluding carboxylic acids is 1. The van der Waals surface area contributed by atoms with Crippen LogP contribution in [-0.4, -0.2) is 15.9 Å². The van der Waals surface area contributed by atoms with Crippen LogP contribution in [0.5, 0.6) is 0 Å². The Morgan fingerprint density at radius 3 is 2.09 bits per heavy atom. The predicted molar refractivity (Wildman–Crippen MR) is 117 cm³/mol. The van der Waals surface area contributed by atoms with Crippen molar-refractivity contribution >= 4 is 11.6 Å². The molecule has 4 nitrogen and oxygen atoms in total. The average molecular weight is 487 g/mol. The van der Waals surface area contributed by atoms with Gasteiger partial charge in [0.2, 0.25) is 0 Å². The Balaban J connectivity index is 1.74. The summed E-state index contributed by atoms with van der Waals surface area (Å²) in [5.74, 6) is -0.805. The second-order valence-electron chi connectivity index (χ2n) is 7.40. The second kappa shape index (κ2) is 9.21. The summed E-state index contributed by atoms with van der Waals surface area (Å²) in [4.78, 5) is 20.6. The van der Waals surface area contributed by atoms with Crippen molar-refractivity contribution in [2.24, 2.45) is 0 Å². The third kappa shape index (κ3) is 5.16. The molecule has 0 aliphatic heterocycles. The maximum Gasteiger partial charge on any atom is 0.418 e. The fourth-order valence-corrected chi connectivity index (χ4v) is 3.58. The number of hydrogen-bond acceptors (Lipinski definition) is 3. The molecule has 0 saturated carbocycles. The van der Waals surface area contributed by atoms with Gasteiger partial charge in [-0.15, -0.1) is 0 Å². The van der Waals surface area contributed by atoms with Gasteiger partial charge in [0.15, 0.2) is 0 Å². The van der Waals surface area contributed by atoms with E-state index in [4.69, 9.17) is 0 Å². The maximum atomic E-state index is 13.7. The highest BCUT2D eigenvalue weighted by molar-refractivity contribution is 6.07. The zero-order valence-electron chi connectivity index (χ0n) is 17.7. The third-order valence-electron chi connectivity index (χ3n) is 5.08. The summed E-state index contributed by atoms with van der Waals surface area (Å²) in [6.07, 6.45) is -5.55. The number of benzene rings is 2. The SMILES string of the molecule is O=C(Nc1cccc(C(F)(F)F)c1-c1cccnc1)c1cccc(-c2ncccc2C(F)(F)F)c1. The van der Waals surface area contributed by atoms with Crippen molar-refractivity contribution in [3.63, 3.8) is 0 Å². The van der Waals surface area contributed by atoms with E-state index in [0.29, 0.717) is 0 Å². The number of nitrogens with one attached hydrogen (secondary N) is 1. The Hall–Kier alpha value is -4.21. The van der Waals surface area contributed by atoms with Gasteiger partial charge in [-0.3, -0.25) is 14.8 Å². The van der Waals surface area contributed by atoms with Gasteiger partial charge in [0.1, 0.15) is 0 Å². The van der Waals surface area contributed by atoms with Crippen molar-refractivity contribution in [2.45, 2.75) is 12.4 Å². The Bertz CT molecular complexity index is 1370. The maximum absolute atomic E-state index is 13.7. The van der Waals surface area contributed by atoms with E-state index in [0.717, 1.165) is 24.3 Å². The minimum Gasteiger partial charge on any atom is -0.321 e. The van der Waals surface area contributed by atoms with Crippen molar-refractivity contribution in [1.29, 1.82) is 0 Å². The van der Waals surface area contributed by atoms with E-state index < -0.39 is 29.4 Å². The van der Waals surface area contributed by atoms with Crippen LogP contribution in [0.15, 0.2) is 85.3 Å². The number of rotatable bonds is 4. The van der Waals surface area contributed by atoms with Crippen molar-refractivity contribution in [1.82, 2.24) is 9.97 Å². The van der Waals surface area contributed by atoms with Crippen LogP contribution in [0.4, 0.5) is 32.0 Å². The molecule has 4 rings (SSSR count). The molecule has 178 valence electrons. The van der Waals surface area contributed by atoms with Gasteiger partial charge in [-0.1, -0.05) is 24.3 Å². The number of hydrogen-bond donors (Lipinski definition) is 1. The number of alkyl halides is 6. The van der Waals surface area contributed by atoms with E-state index in [-0.39, 0.29) is 33.6 Å². The molecule has 0 spiro atoms. The largest absolute Gasteiger partial charge is 0.418 e. The molecule has 2 heterocycles. The first-order valence-electron chi connectivity index (χ1n) is 10.1. The Morgan fingerprint density at radius 1 is 0.743 bits per heavy atom. The molecule has 0 radical (unpaired) electrons. The number of amides is 1.